The van der Waals surface area contributed by atoms with Crippen LogP contribution in [0.3, 0.4) is 0 Å². The van der Waals surface area contributed by atoms with E-state index in [0.717, 1.165) is 10.5 Å². The number of amides is 3. The smallest absolute Gasteiger partial charge is 0.263 e. The summed E-state index contributed by atoms with van der Waals surface area (Å²) >= 11 is 6.07. The predicted octanol–water partition coefficient (Wildman–Crippen LogP) is 2.58. The molecule has 0 spiro atoms. The Hall–Kier alpha value is -3.26. The molecule has 0 unspecified atom stereocenters. The van der Waals surface area contributed by atoms with Gasteiger partial charge in [0.15, 0.2) is 12.1 Å². The number of anilines is 2. The van der Waals surface area contributed by atoms with Crippen LogP contribution in [0.5, 0.6) is 0 Å². The second-order valence-electron chi connectivity index (χ2n) is 6.50. The van der Waals surface area contributed by atoms with Gasteiger partial charge < -0.3 is 5.32 Å². The van der Waals surface area contributed by atoms with Crippen molar-refractivity contribution in [1.29, 1.82) is 0 Å². The Kier molecular flexibility index (Phi) is 4.56. The fraction of sp³-hybridized carbons (Fsp3) is 0.211. The molecule has 142 valence electrons. The van der Waals surface area contributed by atoms with E-state index in [1.54, 1.807) is 55.5 Å². The second kappa shape index (κ2) is 7.05. The van der Waals surface area contributed by atoms with Crippen LogP contribution >= 0.6 is 11.6 Å². The lowest BCUT2D eigenvalue weighted by molar-refractivity contribution is -0.123. The molecular weight excluding hydrogens is 382 g/mol. The lowest BCUT2D eigenvalue weighted by atomic mass is 10.1. The highest BCUT2D eigenvalue weighted by Crippen LogP contribution is 2.31. The molecule has 0 radical (unpaired) electrons. The average Bonchev–Trinajstić information content (AvgIpc) is 3.20. The van der Waals surface area contributed by atoms with Crippen LogP contribution in [0.25, 0.3) is 0 Å². The number of para-hydroxylation sites is 1. The molecule has 1 N–H and O–H groups in total. The number of fused-ring (bicyclic) bond motifs is 1. The third-order valence-electron chi connectivity index (χ3n) is 4.72. The molecule has 0 saturated carbocycles. The van der Waals surface area contributed by atoms with Crippen LogP contribution < -0.4 is 10.2 Å². The SMILES string of the molecule is Cc1c(Cl)cccc1NC(=O)CN1N=N[C@H]2C(=O)N(c3ccccc3)C(=O)[C@@H]21. The maximum Gasteiger partial charge on any atom is 0.263 e. The van der Waals surface area contributed by atoms with Gasteiger partial charge >= 0.3 is 0 Å². The first kappa shape index (κ1) is 18.1. The van der Waals surface area contributed by atoms with Gasteiger partial charge in [-0.1, -0.05) is 41.1 Å². The van der Waals surface area contributed by atoms with Crippen LogP contribution in [-0.2, 0) is 14.4 Å². The molecule has 1 saturated heterocycles. The molecule has 2 atom stereocenters. The molecule has 4 rings (SSSR count). The molecule has 8 nitrogen and oxygen atoms in total. The number of hydrogen-bond donors (Lipinski definition) is 1. The number of nitrogens with one attached hydrogen (secondary N) is 1. The number of rotatable bonds is 4. The summed E-state index contributed by atoms with van der Waals surface area (Å²) in [7, 11) is 0. The van der Waals surface area contributed by atoms with E-state index in [9.17, 15) is 14.4 Å². The minimum atomic E-state index is -0.937. The zero-order chi connectivity index (χ0) is 19.8. The normalized spacial score (nSPS) is 20.6. The van der Waals surface area contributed by atoms with Crippen molar-refractivity contribution in [2.75, 3.05) is 16.8 Å². The number of benzene rings is 2. The number of halogens is 1. The zero-order valence-electron chi connectivity index (χ0n) is 14.9. The molecule has 2 heterocycles. The lowest BCUT2D eigenvalue weighted by Crippen LogP contribution is -2.43. The van der Waals surface area contributed by atoms with Crippen molar-refractivity contribution < 1.29 is 14.4 Å². The summed E-state index contributed by atoms with van der Waals surface area (Å²) in [5.41, 5.74) is 1.78. The molecule has 2 aromatic carbocycles. The van der Waals surface area contributed by atoms with Crippen LogP contribution in [0.4, 0.5) is 11.4 Å². The largest absolute Gasteiger partial charge is 0.324 e. The Morgan fingerprint density at radius 3 is 2.61 bits per heavy atom. The Bertz CT molecular complexity index is 994. The quantitative estimate of drug-likeness (QED) is 0.802. The molecule has 0 aliphatic carbocycles. The summed E-state index contributed by atoms with van der Waals surface area (Å²) in [5.74, 6) is -1.28. The Balaban J connectivity index is 1.49. The highest BCUT2D eigenvalue weighted by molar-refractivity contribution is 6.31. The van der Waals surface area contributed by atoms with E-state index in [2.05, 4.69) is 15.7 Å². The van der Waals surface area contributed by atoms with Crippen molar-refractivity contribution in [1.82, 2.24) is 5.01 Å². The van der Waals surface area contributed by atoms with Gasteiger partial charge in [0.25, 0.3) is 11.8 Å². The van der Waals surface area contributed by atoms with Gasteiger partial charge in [0.2, 0.25) is 5.91 Å². The monoisotopic (exact) mass is 397 g/mol. The Morgan fingerprint density at radius 2 is 1.86 bits per heavy atom. The molecule has 2 aliphatic rings. The maximum atomic E-state index is 12.8. The lowest BCUT2D eigenvalue weighted by Gasteiger charge is -2.20. The molecule has 28 heavy (non-hydrogen) atoms. The minimum absolute atomic E-state index is 0.210. The topological polar surface area (TPSA) is 94.4 Å². The third-order valence-corrected chi connectivity index (χ3v) is 5.13. The highest BCUT2D eigenvalue weighted by Gasteiger charge is 2.55. The summed E-state index contributed by atoms with van der Waals surface area (Å²) < 4.78 is 0. The fourth-order valence-electron chi connectivity index (χ4n) is 3.27. The Morgan fingerprint density at radius 1 is 1.11 bits per heavy atom. The molecular formula is C19H16ClN5O3. The van der Waals surface area contributed by atoms with Gasteiger partial charge in [-0.25, -0.2) is 4.90 Å². The van der Waals surface area contributed by atoms with Crippen molar-refractivity contribution in [3.8, 4) is 0 Å². The highest BCUT2D eigenvalue weighted by atomic mass is 35.5. The standard InChI is InChI=1S/C19H16ClN5O3/c1-11-13(20)8-5-9-14(11)21-15(26)10-24-17-16(22-23-24)18(27)25(19(17)28)12-6-3-2-4-7-12/h2-9,16-17H,10H2,1H3,(H,21,26)/t16-,17-/m1/s1. The van der Waals surface area contributed by atoms with Gasteiger partial charge in [-0.3, -0.25) is 19.4 Å². The van der Waals surface area contributed by atoms with Gasteiger partial charge in [-0.2, -0.15) is 5.11 Å². The van der Waals surface area contributed by atoms with Crippen LogP contribution in [-0.4, -0.2) is 41.4 Å². The number of carbonyl (C=O) groups excluding carboxylic acids is 3. The first-order valence-corrected chi connectivity index (χ1v) is 9.00. The summed E-state index contributed by atoms with van der Waals surface area (Å²) in [5, 5.41) is 12.3. The number of carbonyl (C=O) groups is 3. The molecule has 2 aliphatic heterocycles. The summed E-state index contributed by atoms with van der Waals surface area (Å²) in [6, 6.07) is 12.0. The number of nitrogens with zero attached hydrogens (tertiary/aromatic N) is 4. The number of imide groups is 1. The second-order valence-corrected chi connectivity index (χ2v) is 6.91. The van der Waals surface area contributed by atoms with Crippen LogP contribution in [0.1, 0.15) is 5.56 Å². The maximum absolute atomic E-state index is 12.8. The Labute approximate surface area is 165 Å². The van der Waals surface area contributed by atoms with Crippen LogP contribution in [0.15, 0.2) is 58.9 Å². The van der Waals surface area contributed by atoms with E-state index in [1.807, 2.05) is 0 Å². The van der Waals surface area contributed by atoms with E-state index in [4.69, 9.17) is 11.6 Å². The first-order valence-electron chi connectivity index (χ1n) is 8.62. The van der Waals surface area contributed by atoms with Gasteiger partial charge in [0.1, 0.15) is 6.54 Å². The first-order chi connectivity index (χ1) is 13.5. The van der Waals surface area contributed by atoms with Gasteiger partial charge in [0, 0.05) is 10.7 Å². The molecule has 1 fully saturated rings. The van der Waals surface area contributed by atoms with E-state index >= 15 is 0 Å². The molecule has 2 aromatic rings. The van der Waals surface area contributed by atoms with E-state index in [0.29, 0.717) is 16.4 Å². The summed E-state index contributed by atoms with van der Waals surface area (Å²) in [6.07, 6.45) is 0. The van der Waals surface area contributed by atoms with Crippen molar-refractivity contribution >= 4 is 40.7 Å². The van der Waals surface area contributed by atoms with Crippen molar-refractivity contribution in [3.63, 3.8) is 0 Å². The molecule has 9 heteroatoms. The fourth-order valence-corrected chi connectivity index (χ4v) is 3.44. The summed E-state index contributed by atoms with van der Waals surface area (Å²) in [4.78, 5) is 39.0. The minimum Gasteiger partial charge on any atom is -0.324 e. The van der Waals surface area contributed by atoms with Gasteiger partial charge in [-0.15, -0.1) is 0 Å². The van der Waals surface area contributed by atoms with E-state index < -0.39 is 23.9 Å². The van der Waals surface area contributed by atoms with Gasteiger partial charge in [-0.05, 0) is 36.8 Å². The van der Waals surface area contributed by atoms with E-state index in [-0.39, 0.29) is 12.5 Å². The molecule has 3 amide bonds. The van der Waals surface area contributed by atoms with E-state index in [1.165, 1.54) is 5.01 Å². The van der Waals surface area contributed by atoms with Gasteiger partial charge in [0.05, 0.1) is 5.69 Å². The zero-order valence-corrected chi connectivity index (χ0v) is 15.6. The number of hydrogen-bond acceptors (Lipinski definition) is 6. The van der Waals surface area contributed by atoms with Crippen molar-refractivity contribution in [2.45, 2.75) is 19.0 Å². The van der Waals surface area contributed by atoms with Crippen molar-refractivity contribution in [2.24, 2.45) is 10.3 Å². The molecule has 0 aromatic heterocycles. The van der Waals surface area contributed by atoms with Crippen molar-refractivity contribution in [3.05, 3.63) is 59.1 Å². The average molecular weight is 398 g/mol. The van der Waals surface area contributed by atoms with Crippen LogP contribution in [0, 0.1) is 6.92 Å². The van der Waals surface area contributed by atoms with Crippen LogP contribution in [0.2, 0.25) is 5.02 Å². The third kappa shape index (κ3) is 3.01. The predicted molar refractivity (Wildman–Crippen MR) is 103 cm³/mol. The summed E-state index contributed by atoms with van der Waals surface area (Å²) in [6.45, 7) is 1.58. The molecule has 0 bridgehead atoms.